The van der Waals surface area contributed by atoms with E-state index in [2.05, 4.69) is 36.6 Å². The van der Waals surface area contributed by atoms with Gasteiger partial charge in [0.1, 0.15) is 11.4 Å². The van der Waals surface area contributed by atoms with Crippen molar-refractivity contribution in [2.45, 2.75) is 27.2 Å². The molecule has 220 valence electrons. The second-order valence-electron chi connectivity index (χ2n) is 9.77. The van der Waals surface area contributed by atoms with E-state index in [-0.39, 0.29) is 30.1 Å². The first-order valence-electron chi connectivity index (χ1n) is 13.6. The SMILES string of the molecule is CCC(=O)Nc1cc(Nc2ncc(C(=O)Nc3cc(NC(=O)c4ccc5c(c4)OCO5)ccc3C)c(NC)n2)ccc1C. The Morgan fingerprint density at radius 2 is 1.51 bits per heavy atom. The first-order chi connectivity index (χ1) is 20.7. The Hall–Kier alpha value is -5.65. The number of benzene rings is 3. The van der Waals surface area contributed by atoms with Crippen molar-refractivity contribution in [3.63, 3.8) is 0 Å². The van der Waals surface area contributed by atoms with Crippen molar-refractivity contribution in [2.75, 3.05) is 40.4 Å². The van der Waals surface area contributed by atoms with E-state index in [0.717, 1.165) is 11.1 Å². The summed E-state index contributed by atoms with van der Waals surface area (Å²) in [6, 6.07) is 15.7. The molecule has 43 heavy (non-hydrogen) atoms. The number of carbonyl (C=O) groups is 3. The highest BCUT2D eigenvalue weighted by Crippen LogP contribution is 2.33. The Morgan fingerprint density at radius 1 is 0.814 bits per heavy atom. The molecule has 0 aliphatic carbocycles. The highest BCUT2D eigenvalue weighted by Gasteiger charge is 2.18. The molecule has 0 bridgehead atoms. The van der Waals surface area contributed by atoms with Crippen molar-refractivity contribution < 1.29 is 23.9 Å². The molecule has 3 aromatic carbocycles. The maximum absolute atomic E-state index is 13.3. The third kappa shape index (κ3) is 6.64. The summed E-state index contributed by atoms with van der Waals surface area (Å²) in [5, 5.41) is 14.7. The van der Waals surface area contributed by atoms with E-state index in [1.165, 1.54) is 6.20 Å². The quantitative estimate of drug-likeness (QED) is 0.173. The van der Waals surface area contributed by atoms with Crippen LogP contribution in [0.4, 0.5) is 34.5 Å². The fourth-order valence-electron chi connectivity index (χ4n) is 4.27. The molecule has 5 rings (SSSR count). The van der Waals surface area contributed by atoms with Crippen molar-refractivity contribution in [3.05, 3.63) is 83.0 Å². The highest BCUT2D eigenvalue weighted by molar-refractivity contribution is 6.09. The molecule has 1 aliphatic heterocycles. The van der Waals surface area contributed by atoms with Gasteiger partial charge in [0.15, 0.2) is 11.5 Å². The number of fused-ring (bicyclic) bond motifs is 1. The van der Waals surface area contributed by atoms with Crippen molar-refractivity contribution in [1.29, 1.82) is 0 Å². The van der Waals surface area contributed by atoms with Crippen LogP contribution in [0.2, 0.25) is 0 Å². The van der Waals surface area contributed by atoms with E-state index < -0.39 is 5.91 Å². The number of nitrogens with one attached hydrogen (secondary N) is 5. The third-order valence-electron chi connectivity index (χ3n) is 6.74. The van der Waals surface area contributed by atoms with Crippen molar-refractivity contribution in [3.8, 4) is 11.5 Å². The maximum atomic E-state index is 13.3. The molecule has 0 radical (unpaired) electrons. The minimum Gasteiger partial charge on any atom is -0.454 e. The van der Waals surface area contributed by atoms with Crippen LogP contribution in [0, 0.1) is 13.8 Å². The molecule has 12 nitrogen and oxygen atoms in total. The van der Waals surface area contributed by atoms with Gasteiger partial charge in [0, 0.05) is 48.0 Å². The predicted octanol–water partition coefficient (Wildman–Crippen LogP) is 5.46. The summed E-state index contributed by atoms with van der Waals surface area (Å²) < 4.78 is 10.7. The Bertz CT molecular complexity index is 1720. The largest absolute Gasteiger partial charge is 0.454 e. The van der Waals surface area contributed by atoms with Gasteiger partial charge in [-0.05, 0) is 67.4 Å². The summed E-state index contributed by atoms with van der Waals surface area (Å²) in [4.78, 5) is 46.8. The van der Waals surface area contributed by atoms with Crippen LogP contribution in [-0.4, -0.2) is 41.5 Å². The number of aromatic nitrogens is 2. The maximum Gasteiger partial charge on any atom is 0.261 e. The van der Waals surface area contributed by atoms with E-state index in [9.17, 15) is 14.4 Å². The minimum atomic E-state index is -0.432. The Kier molecular flexibility index (Phi) is 8.37. The number of hydrogen-bond donors (Lipinski definition) is 5. The fourth-order valence-corrected chi connectivity index (χ4v) is 4.27. The topological polar surface area (TPSA) is 156 Å². The number of anilines is 6. The van der Waals surface area contributed by atoms with Crippen LogP contribution in [-0.2, 0) is 4.79 Å². The van der Waals surface area contributed by atoms with Crippen LogP contribution in [0.15, 0.2) is 60.8 Å². The van der Waals surface area contributed by atoms with Gasteiger partial charge in [-0.2, -0.15) is 4.98 Å². The monoisotopic (exact) mass is 581 g/mol. The first kappa shape index (κ1) is 28.9. The molecule has 0 atom stereocenters. The fraction of sp³-hybridized carbons (Fsp3) is 0.194. The van der Waals surface area contributed by atoms with Gasteiger partial charge in [0.25, 0.3) is 11.8 Å². The number of aryl methyl sites for hydroxylation is 2. The molecule has 0 saturated heterocycles. The standard InChI is InChI=1S/C31H31N7O5/c1-5-27(39)36-23-14-21(10-7-17(23)2)35-31-33-15-22(28(32-4)38-31)30(41)37-24-13-20(9-6-18(24)3)34-29(40)19-8-11-25-26(12-19)43-16-42-25/h6-15H,5,16H2,1-4H3,(H,34,40)(H,36,39)(H,37,41)(H2,32,33,35,38). The van der Waals surface area contributed by atoms with E-state index in [1.54, 1.807) is 56.4 Å². The van der Waals surface area contributed by atoms with E-state index >= 15 is 0 Å². The Morgan fingerprint density at radius 3 is 2.26 bits per heavy atom. The lowest BCUT2D eigenvalue weighted by Gasteiger charge is -2.14. The second-order valence-corrected chi connectivity index (χ2v) is 9.77. The van der Waals surface area contributed by atoms with Gasteiger partial charge in [-0.25, -0.2) is 4.98 Å². The van der Waals surface area contributed by atoms with Gasteiger partial charge in [0.2, 0.25) is 18.6 Å². The molecular formula is C31H31N7O5. The molecule has 5 N–H and O–H groups in total. The van der Waals surface area contributed by atoms with Crippen LogP contribution in [0.3, 0.4) is 0 Å². The zero-order valence-electron chi connectivity index (χ0n) is 24.1. The number of carbonyl (C=O) groups excluding carboxylic acids is 3. The van der Waals surface area contributed by atoms with Gasteiger partial charge >= 0.3 is 0 Å². The predicted molar refractivity (Wildman–Crippen MR) is 165 cm³/mol. The van der Waals surface area contributed by atoms with Crippen molar-refractivity contribution in [2.24, 2.45) is 0 Å². The number of nitrogens with zero attached hydrogens (tertiary/aromatic N) is 2. The molecule has 3 amide bonds. The Labute approximate surface area is 248 Å². The lowest BCUT2D eigenvalue weighted by molar-refractivity contribution is -0.115. The van der Waals surface area contributed by atoms with Gasteiger partial charge in [0.05, 0.1) is 0 Å². The molecule has 0 saturated carbocycles. The summed E-state index contributed by atoms with van der Waals surface area (Å²) in [6.07, 6.45) is 1.79. The van der Waals surface area contributed by atoms with Crippen molar-refractivity contribution >= 4 is 52.2 Å². The summed E-state index contributed by atoms with van der Waals surface area (Å²) in [5.41, 5.74) is 4.72. The zero-order chi connectivity index (χ0) is 30.5. The van der Waals surface area contributed by atoms with E-state index in [1.807, 2.05) is 26.0 Å². The summed E-state index contributed by atoms with van der Waals surface area (Å²) in [5.74, 6) is 0.829. The summed E-state index contributed by atoms with van der Waals surface area (Å²) in [6.45, 7) is 5.66. The van der Waals surface area contributed by atoms with Crippen molar-refractivity contribution in [1.82, 2.24) is 9.97 Å². The number of hydrogen-bond acceptors (Lipinski definition) is 9. The second kappa shape index (κ2) is 12.5. The van der Waals surface area contributed by atoms with Gasteiger partial charge in [-0.3, -0.25) is 14.4 Å². The van der Waals surface area contributed by atoms with Crippen LogP contribution in [0.5, 0.6) is 11.5 Å². The molecule has 0 spiro atoms. The Balaban J connectivity index is 1.29. The molecule has 4 aromatic rings. The molecule has 0 fully saturated rings. The number of ether oxygens (including phenoxy) is 2. The highest BCUT2D eigenvalue weighted by atomic mass is 16.7. The minimum absolute atomic E-state index is 0.0859. The lowest BCUT2D eigenvalue weighted by atomic mass is 10.1. The average Bonchev–Trinajstić information content (AvgIpc) is 3.48. The number of rotatable bonds is 9. The lowest BCUT2D eigenvalue weighted by Crippen LogP contribution is -2.17. The molecule has 0 unspecified atom stereocenters. The number of amides is 3. The molecule has 1 aromatic heterocycles. The smallest absolute Gasteiger partial charge is 0.261 e. The molecule has 1 aliphatic rings. The molecule has 2 heterocycles. The first-order valence-corrected chi connectivity index (χ1v) is 13.6. The van der Waals surface area contributed by atoms with Crippen LogP contribution in [0.25, 0.3) is 0 Å². The van der Waals surface area contributed by atoms with Gasteiger partial charge in [-0.1, -0.05) is 19.1 Å². The third-order valence-corrected chi connectivity index (χ3v) is 6.74. The average molecular weight is 582 g/mol. The summed E-state index contributed by atoms with van der Waals surface area (Å²) >= 11 is 0. The van der Waals surface area contributed by atoms with Gasteiger partial charge < -0.3 is 36.1 Å². The molecule has 12 heteroatoms. The zero-order valence-corrected chi connectivity index (χ0v) is 24.1. The van der Waals surface area contributed by atoms with Crippen LogP contribution < -0.4 is 36.1 Å². The van der Waals surface area contributed by atoms with Gasteiger partial charge in [-0.15, -0.1) is 0 Å². The normalized spacial score (nSPS) is 11.4. The van der Waals surface area contributed by atoms with E-state index in [0.29, 0.717) is 52.1 Å². The van der Waals surface area contributed by atoms with Crippen LogP contribution in [0.1, 0.15) is 45.2 Å². The van der Waals surface area contributed by atoms with E-state index in [4.69, 9.17) is 9.47 Å². The molecular weight excluding hydrogens is 550 g/mol. The van der Waals surface area contributed by atoms with Crippen LogP contribution >= 0.6 is 0 Å². The summed E-state index contributed by atoms with van der Waals surface area (Å²) in [7, 11) is 1.66.